The number of hydrogen-bond acceptors (Lipinski definition) is 3. The van der Waals surface area contributed by atoms with Gasteiger partial charge in [0.15, 0.2) is 0 Å². The number of nitrogens with one attached hydrogen (secondary N) is 1. The summed E-state index contributed by atoms with van der Waals surface area (Å²) >= 11 is 0. The van der Waals surface area contributed by atoms with Gasteiger partial charge in [0.2, 0.25) is 0 Å². The summed E-state index contributed by atoms with van der Waals surface area (Å²) in [4.78, 5) is 10.2. The van der Waals surface area contributed by atoms with Gasteiger partial charge in [-0.05, 0) is 34.9 Å². The van der Waals surface area contributed by atoms with E-state index in [-0.39, 0.29) is 23.1 Å². The van der Waals surface area contributed by atoms with Crippen molar-refractivity contribution >= 4 is 12.3 Å². The molecule has 1 amide bonds. The van der Waals surface area contributed by atoms with Crippen LogP contribution in [-0.2, 0) is 12.6 Å². The summed E-state index contributed by atoms with van der Waals surface area (Å²) in [5.41, 5.74) is 0.997. The van der Waals surface area contributed by atoms with Gasteiger partial charge in [0.05, 0.1) is 17.9 Å². The Morgan fingerprint density at radius 3 is 2.42 bits per heavy atom. The molecule has 0 aliphatic heterocycles. The Labute approximate surface area is 145 Å². The van der Waals surface area contributed by atoms with E-state index in [0.717, 1.165) is 24.4 Å². The lowest BCUT2D eigenvalue weighted by Crippen LogP contribution is -2.19. The lowest BCUT2D eigenvalue weighted by Gasteiger charge is -2.15. The molecule has 0 aliphatic rings. The number of benzene rings is 2. The van der Waals surface area contributed by atoms with Crippen molar-refractivity contribution in [3.8, 4) is 11.1 Å². The summed E-state index contributed by atoms with van der Waals surface area (Å²) in [6.45, 7) is 0. The number of carboxylic acid groups (broad SMARTS) is 1. The summed E-state index contributed by atoms with van der Waals surface area (Å²) < 4.78 is 53.1. The molecule has 0 heterocycles. The van der Waals surface area contributed by atoms with Gasteiger partial charge in [-0.2, -0.15) is 18.3 Å². The fourth-order valence-electron chi connectivity index (χ4n) is 2.31. The van der Waals surface area contributed by atoms with E-state index in [2.05, 4.69) is 5.10 Å². The van der Waals surface area contributed by atoms with Crippen LogP contribution in [0.15, 0.2) is 47.6 Å². The second-order valence-electron chi connectivity index (χ2n) is 5.35. The van der Waals surface area contributed by atoms with Gasteiger partial charge < -0.3 is 10.2 Å². The van der Waals surface area contributed by atoms with Crippen LogP contribution in [0.4, 0.5) is 22.4 Å². The molecule has 9 heteroatoms. The van der Waals surface area contributed by atoms with Crippen LogP contribution in [0, 0.1) is 5.82 Å². The van der Waals surface area contributed by atoms with Crippen molar-refractivity contribution in [1.82, 2.24) is 5.43 Å². The van der Waals surface area contributed by atoms with Crippen LogP contribution in [0.5, 0.6) is 0 Å². The number of aliphatic hydroxyl groups is 1. The number of rotatable bonds is 5. The van der Waals surface area contributed by atoms with Crippen molar-refractivity contribution in [3.05, 3.63) is 59.4 Å². The van der Waals surface area contributed by atoms with E-state index in [1.807, 2.05) is 0 Å². The molecule has 0 aliphatic carbocycles. The van der Waals surface area contributed by atoms with Gasteiger partial charge in [0, 0.05) is 6.42 Å². The number of amides is 1. The molecule has 0 radical (unpaired) electrons. The first-order chi connectivity index (χ1) is 12.2. The van der Waals surface area contributed by atoms with E-state index in [1.165, 1.54) is 24.3 Å². The molecule has 2 aromatic rings. The second-order valence-corrected chi connectivity index (χ2v) is 5.35. The zero-order chi connectivity index (χ0) is 19.3. The third-order valence-electron chi connectivity index (χ3n) is 3.40. The van der Waals surface area contributed by atoms with Crippen molar-refractivity contribution in [2.24, 2.45) is 5.10 Å². The maximum Gasteiger partial charge on any atom is 0.425 e. The maximum atomic E-state index is 13.4. The average Bonchev–Trinajstić information content (AvgIpc) is 2.54. The van der Waals surface area contributed by atoms with Crippen LogP contribution in [0.25, 0.3) is 11.1 Å². The monoisotopic (exact) mass is 370 g/mol. The van der Waals surface area contributed by atoms with Gasteiger partial charge in [-0.1, -0.05) is 24.3 Å². The minimum atomic E-state index is -4.65. The van der Waals surface area contributed by atoms with Crippen LogP contribution in [-0.4, -0.2) is 28.6 Å². The highest BCUT2D eigenvalue weighted by Crippen LogP contribution is 2.37. The van der Waals surface area contributed by atoms with Gasteiger partial charge in [0.25, 0.3) is 0 Å². The van der Waals surface area contributed by atoms with Gasteiger partial charge >= 0.3 is 12.3 Å². The molecule has 2 aromatic carbocycles. The molecule has 0 aromatic heterocycles. The number of aliphatic hydroxyl groups excluding tert-OH is 1. The van der Waals surface area contributed by atoms with Crippen molar-refractivity contribution in [3.63, 3.8) is 0 Å². The van der Waals surface area contributed by atoms with Gasteiger partial charge in [0.1, 0.15) is 5.82 Å². The Morgan fingerprint density at radius 1 is 1.19 bits per heavy atom. The van der Waals surface area contributed by atoms with Crippen molar-refractivity contribution in [2.45, 2.75) is 18.7 Å². The van der Waals surface area contributed by atoms with E-state index in [9.17, 15) is 27.5 Å². The normalized spacial score (nSPS) is 13.0. The molecule has 26 heavy (non-hydrogen) atoms. The first-order valence-corrected chi connectivity index (χ1v) is 7.33. The smallest absolute Gasteiger partial charge is 0.425 e. The quantitative estimate of drug-likeness (QED) is 0.427. The molecule has 0 spiro atoms. The Balaban J connectivity index is 2.30. The van der Waals surface area contributed by atoms with E-state index < -0.39 is 29.8 Å². The fourth-order valence-corrected chi connectivity index (χ4v) is 2.31. The molecule has 0 saturated heterocycles. The SMILES string of the molecule is O=C(O)N/N=C\[C@@H](O)Cc1ccc(-c2ccc(F)cc2)c(C(F)(F)F)c1. The van der Waals surface area contributed by atoms with Crippen LogP contribution < -0.4 is 5.43 Å². The molecule has 0 saturated carbocycles. The number of hydrazone groups is 1. The zero-order valence-electron chi connectivity index (χ0n) is 13.2. The van der Waals surface area contributed by atoms with Crippen LogP contribution >= 0.6 is 0 Å². The van der Waals surface area contributed by atoms with Crippen molar-refractivity contribution in [2.75, 3.05) is 0 Å². The predicted octanol–water partition coefficient (Wildman–Crippen LogP) is 3.67. The number of carbonyl (C=O) groups is 1. The van der Waals surface area contributed by atoms with E-state index in [1.54, 1.807) is 5.43 Å². The van der Waals surface area contributed by atoms with Crippen LogP contribution in [0.2, 0.25) is 0 Å². The highest BCUT2D eigenvalue weighted by atomic mass is 19.4. The second kappa shape index (κ2) is 7.96. The first-order valence-electron chi connectivity index (χ1n) is 7.33. The average molecular weight is 370 g/mol. The fraction of sp³-hybridized carbons (Fsp3) is 0.176. The molecule has 2 rings (SSSR count). The minimum absolute atomic E-state index is 0.114. The Morgan fingerprint density at radius 2 is 1.85 bits per heavy atom. The number of nitrogens with zero attached hydrogens (tertiary/aromatic N) is 1. The highest BCUT2D eigenvalue weighted by Gasteiger charge is 2.34. The van der Waals surface area contributed by atoms with E-state index >= 15 is 0 Å². The molecular weight excluding hydrogens is 356 g/mol. The molecule has 0 bridgehead atoms. The summed E-state index contributed by atoms with van der Waals surface area (Å²) in [6.07, 6.45) is -6.69. The Hall–Kier alpha value is -2.94. The van der Waals surface area contributed by atoms with Crippen molar-refractivity contribution < 1.29 is 32.6 Å². The molecular formula is C17H14F4N2O3. The molecule has 1 atom stereocenters. The molecule has 138 valence electrons. The topological polar surface area (TPSA) is 81.9 Å². The predicted molar refractivity (Wildman–Crippen MR) is 86.2 cm³/mol. The number of hydrogen-bond donors (Lipinski definition) is 3. The maximum absolute atomic E-state index is 13.4. The molecule has 0 unspecified atom stereocenters. The third kappa shape index (κ3) is 5.28. The highest BCUT2D eigenvalue weighted by molar-refractivity contribution is 5.70. The summed E-state index contributed by atoms with van der Waals surface area (Å²) in [7, 11) is 0. The van der Waals surface area contributed by atoms with E-state index in [0.29, 0.717) is 0 Å². The minimum Gasteiger partial charge on any atom is -0.464 e. The zero-order valence-corrected chi connectivity index (χ0v) is 13.2. The molecule has 3 N–H and O–H groups in total. The standard InChI is InChI=1S/C17H14F4N2O3/c18-12-4-2-11(3-5-12)14-6-1-10(8-15(14)17(19,20)21)7-13(24)9-22-23-16(25)26/h1-6,8-9,13,23-24H,7H2,(H,25,26)/b22-9-/t13-/m0/s1. The number of halogens is 4. The van der Waals surface area contributed by atoms with Gasteiger partial charge in [-0.25, -0.2) is 14.6 Å². The molecule has 0 fully saturated rings. The van der Waals surface area contributed by atoms with Crippen molar-refractivity contribution in [1.29, 1.82) is 0 Å². The lowest BCUT2D eigenvalue weighted by molar-refractivity contribution is -0.137. The van der Waals surface area contributed by atoms with E-state index in [4.69, 9.17) is 5.11 Å². The van der Waals surface area contributed by atoms with Gasteiger partial charge in [-0.3, -0.25) is 0 Å². The third-order valence-corrected chi connectivity index (χ3v) is 3.40. The van der Waals surface area contributed by atoms with Crippen LogP contribution in [0.1, 0.15) is 11.1 Å². The summed E-state index contributed by atoms with van der Waals surface area (Å²) in [5, 5.41) is 21.3. The lowest BCUT2D eigenvalue weighted by atomic mass is 9.95. The van der Waals surface area contributed by atoms with Crippen LogP contribution in [0.3, 0.4) is 0 Å². The number of alkyl halides is 3. The summed E-state index contributed by atoms with van der Waals surface area (Å²) in [6, 6.07) is 8.16. The van der Waals surface area contributed by atoms with Gasteiger partial charge in [-0.15, -0.1) is 0 Å². The Bertz CT molecular complexity index is 805. The summed E-state index contributed by atoms with van der Waals surface area (Å²) in [5.74, 6) is -0.559. The first kappa shape index (κ1) is 19.4. The molecule has 5 nitrogen and oxygen atoms in total. The Kier molecular flexibility index (Phi) is 5.93. The largest absolute Gasteiger partial charge is 0.464 e.